The van der Waals surface area contributed by atoms with E-state index in [0.29, 0.717) is 6.42 Å². The highest BCUT2D eigenvalue weighted by Gasteiger charge is 2.21. The lowest BCUT2D eigenvalue weighted by Crippen LogP contribution is -2.39. The predicted molar refractivity (Wildman–Crippen MR) is 103 cm³/mol. The molecule has 134 valence electrons. The van der Waals surface area contributed by atoms with Crippen LogP contribution >= 0.6 is 0 Å². The van der Waals surface area contributed by atoms with Gasteiger partial charge in [0.05, 0.1) is 6.04 Å². The Labute approximate surface area is 151 Å². The fourth-order valence-electron chi connectivity index (χ4n) is 2.77. The van der Waals surface area contributed by atoms with Crippen molar-refractivity contribution in [1.29, 1.82) is 0 Å². The van der Waals surface area contributed by atoms with Gasteiger partial charge in [-0.3, -0.25) is 4.79 Å². The molecule has 0 radical (unpaired) electrons. The molecule has 0 spiro atoms. The quantitative estimate of drug-likeness (QED) is 0.736. The zero-order valence-corrected chi connectivity index (χ0v) is 15.7. The second-order valence-electron chi connectivity index (χ2n) is 6.39. The molecule has 1 N–H and O–H groups in total. The number of benzene rings is 2. The topological polar surface area (TPSA) is 38.3 Å². The van der Waals surface area contributed by atoms with Crippen molar-refractivity contribution < 1.29 is 9.53 Å². The fourth-order valence-corrected chi connectivity index (χ4v) is 2.77. The summed E-state index contributed by atoms with van der Waals surface area (Å²) in [7, 11) is 0. The highest BCUT2D eigenvalue weighted by molar-refractivity contribution is 5.81. The van der Waals surface area contributed by atoms with Gasteiger partial charge in [-0.1, -0.05) is 62.7 Å². The van der Waals surface area contributed by atoms with Gasteiger partial charge in [-0.2, -0.15) is 0 Å². The van der Waals surface area contributed by atoms with E-state index < -0.39 is 6.10 Å². The van der Waals surface area contributed by atoms with Gasteiger partial charge in [0.1, 0.15) is 5.75 Å². The Hall–Kier alpha value is -2.29. The molecular formula is C22H29NO2. The first kappa shape index (κ1) is 19.0. The van der Waals surface area contributed by atoms with Crippen molar-refractivity contribution in [1.82, 2.24) is 5.32 Å². The van der Waals surface area contributed by atoms with Crippen molar-refractivity contribution in [2.24, 2.45) is 0 Å². The van der Waals surface area contributed by atoms with E-state index in [0.717, 1.165) is 24.2 Å². The minimum Gasteiger partial charge on any atom is -0.481 e. The molecule has 2 aromatic rings. The van der Waals surface area contributed by atoms with Crippen LogP contribution in [0.3, 0.4) is 0 Å². The maximum Gasteiger partial charge on any atom is 0.261 e. The molecule has 0 unspecified atom stereocenters. The lowest BCUT2D eigenvalue weighted by molar-refractivity contribution is -0.128. The molecule has 2 aromatic carbocycles. The number of rotatable bonds is 8. The van der Waals surface area contributed by atoms with Crippen molar-refractivity contribution in [2.75, 3.05) is 0 Å². The van der Waals surface area contributed by atoms with Crippen molar-refractivity contribution in [3.05, 3.63) is 65.2 Å². The Balaban J connectivity index is 2.03. The molecule has 25 heavy (non-hydrogen) atoms. The number of carbonyl (C=O) groups is 1. The lowest BCUT2D eigenvalue weighted by Gasteiger charge is -2.22. The van der Waals surface area contributed by atoms with Gasteiger partial charge in [-0.25, -0.2) is 0 Å². The SMILES string of the molecule is CCc1ccc(O[C@H](CC)C(=O)N[C@H](CC)c2ccc(C)cc2)cc1. The van der Waals surface area contributed by atoms with Gasteiger partial charge in [0.15, 0.2) is 6.10 Å². The monoisotopic (exact) mass is 339 g/mol. The summed E-state index contributed by atoms with van der Waals surface area (Å²) in [6, 6.07) is 16.3. The Morgan fingerprint density at radius 3 is 2.12 bits per heavy atom. The van der Waals surface area contributed by atoms with E-state index in [1.54, 1.807) is 0 Å². The minimum absolute atomic E-state index is 0.00761. The highest BCUT2D eigenvalue weighted by atomic mass is 16.5. The van der Waals surface area contributed by atoms with Gasteiger partial charge in [0.25, 0.3) is 5.91 Å². The summed E-state index contributed by atoms with van der Waals surface area (Å²) in [5.41, 5.74) is 3.61. The molecule has 1 amide bonds. The molecule has 0 saturated heterocycles. The van der Waals surface area contributed by atoms with E-state index in [9.17, 15) is 4.79 Å². The molecule has 3 nitrogen and oxygen atoms in total. The second kappa shape index (κ2) is 9.26. The number of nitrogens with one attached hydrogen (secondary N) is 1. The molecule has 3 heteroatoms. The fraction of sp³-hybridized carbons (Fsp3) is 0.409. The van der Waals surface area contributed by atoms with Gasteiger partial charge in [0.2, 0.25) is 0 Å². The molecule has 0 aromatic heterocycles. The maximum atomic E-state index is 12.7. The number of aryl methyl sites for hydroxylation is 2. The summed E-state index contributed by atoms with van der Waals surface area (Å²) >= 11 is 0. The van der Waals surface area contributed by atoms with Crippen LogP contribution in [0.2, 0.25) is 0 Å². The molecule has 0 saturated carbocycles. The molecular weight excluding hydrogens is 310 g/mol. The van der Waals surface area contributed by atoms with Crippen LogP contribution in [0.4, 0.5) is 0 Å². The summed E-state index contributed by atoms with van der Waals surface area (Å²) in [5, 5.41) is 3.13. The molecule has 0 aliphatic heterocycles. The zero-order chi connectivity index (χ0) is 18.2. The van der Waals surface area contributed by atoms with Gasteiger partial charge in [-0.15, -0.1) is 0 Å². The number of hydrogen-bond donors (Lipinski definition) is 1. The molecule has 2 atom stereocenters. The highest BCUT2D eigenvalue weighted by Crippen LogP contribution is 2.19. The summed E-state index contributed by atoms with van der Waals surface area (Å²) in [6.07, 6.45) is 1.99. The first-order valence-corrected chi connectivity index (χ1v) is 9.19. The molecule has 0 bridgehead atoms. The third kappa shape index (κ3) is 5.35. The molecule has 0 fully saturated rings. The van der Waals surface area contributed by atoms with Crippen molar-refractivity contribution in [3.63, 3.8) is 0 Å². The average molecular weight is 339 g/mol. The van der Waals surface area contributed by atoms with Crippen molar-refractivity contribution in [3.8, 4) is 5.75 Å². The first-order valence-electron chi connectivity index (χ1n) is 9.19. The van der Waals surface area contributed by atoms with Gasteiger partial charge < -0.3 is 10.1 Å². The molecule has 0 heterocycles. The zero-order valence-electron chi connectivity index (χ0n) is 15.7. The van der Waals surface area contributed by atoms with Gasteiger partial charge in [0, 0.05) is 0 Å². The van der Waals surface area contributed by atoms with E-state index >= 15 is 0 Å². The summed E-state index contributed by atoms with van der Waals surface area (Å²) in [6.45, 7) is 8.23. The first-order chi connectivity index (χ1) is 12.1. The standard InChI is InChI=1S/C22H29NO2/c1-5-17-10-14-19(15-11-17)25-21(7-3)22(24)23-20(6-2)18-12-8-16(4)9-13-18/h8-15,20-21H,5-7H2,1-4H3,(H,23,24)/t20-,21-/m1/s1. The van der Waals surface area contributed by atoms with Crippen LogP contribution in [0, 0.1) is 6.92 Å². The van der Waals surface area contributed by atoms with Crippen LogP contribution in [0.5, 0.6) is 5.75 Å². The van der Waals surface area contributed by atoms with Crippen molar-refractivity contribution >= 4 is 5.91 Å². The van der Waals surface area contributed by atoms with Crippen LogP contribution < -0.4 is 10.1 Å². The van der Waals surface area contributed by atoms with Crippen LogP contribution in [0.1, 0.15) is 56.3 Å². The van der Waals surface area contributed by atoms with Crippen molar-refractivity contribution in [2.45, 2.75) is 59.1 Å². The van der Waals surface area contributed by atoms with E-state index in [4.69, 9.17) is 4.74 Å². The predicted octanol–water partition coefficient (Wildman–Crippen LogP) is 4.98. The third-order valence-corrected chi connectivity index (χ3v) is 4.48. The number of hydrogen-bond acceptors (Lipinski definition) is 2. The second-order valence-corrected chi connectivity index (χ2v) is 6.39. The largest absolute Gasteiger partial charge is 0.481 e. The van der Waals surface area contributed by atoms with Gasteiger partial charge >= 0.3 is 0 Å². The smallest absolute Gasteiger partial charge is 0.261 e. The number of amides is 1. The Morgan fingerprint density at radius 2 is 1.60 bits per heavy atom. The third-order valence-electron chi connectivity index (χ3n) is 4.48. The Bertz CT molecular complexity index is 661. The number of ether oxygens (including phenoxy) is 1. The molecule has 0 aliphatic carbocycles. The van der Waals surface area contributed by atoms with Gasteiger partial charge in [-0.05, 0) is 49.4 Å². The summed E-state index contributed by atoms with van der Waals surface area (Å²) in [5.74, 6) is 0.678. The normalized spacial score (nSPS) is 13.1. The van der Waals surface area contributed by atoms with Crippen LogP contribution in [0.25, 0.3) is 0 Å². The van der Waals surface area contributed by atoms with E-state index in [2.05, 4.69) is 50.4 Å². The summed E-state index contributed by atoms with van der Waals surface area (Å²) < 4.78 is 5.91. The van der Waals surface area contributed by atoms with E-state index in [-0.39, 0.29) is 11.9 Å². The number of carbonyl (C=O) groups excluding carboxylic acids is 1. The van der Waals surface area contributed by atoms with E-state index in [1.165, 1.54) is 11.1 Å². The minimum atomic E-state index is -0.480. The Kier molecular flexibility index (Phi) is 7.05. The van der Waals surface area contributed by atoms with E-state index in [1.807, 2.05) is 31.2 Å². The van der Waals surface area contributed by atoms with Crippen LogP contribution in [-0.4, -0.2) is 12.0 Å². The molecule has 2 rings (SSSR count). The Morgan fingerprint density at radius 1 is 0.960 bits per heavy atom. The maximum absolute atomic E-state index is 12.7. The molecule has 0 aliphatic rings. The van der Waals surface area contributed by atoms with Crippen LogP contribution in [0.15, 0.2) is 48.5 Å². The van der Waals surface area contributed by atoms with Crippen LogP contribution in [-0.2, 0) is 11.2 Å². The average Bonchev–Trinajstić information content (AvgIpc) is 2.65. The summed E-state index contributed by atoms with van der Waals surface area (Å²) in [4.78, 5) is 12.7. The lowest BCUT2D eigenvalue weighted by atomic mass is 10.0.